The van der Waals surface area contributed by atoms with Gasteiger partial charge in [-0.05, 0) is 38.6 Å². The van der Waals surface area contributed by atoms with Crippen molar-refractivity contribution >= 4 is 51.1 Å². The molecule has 1 fully saturated rings. The van der Waals surface area contributed by atoms with Crippen LogP contribution >= 0.6 is 11.6 Å². The number of fused-ring (bicyclic) bond motifs is 2. The molecule has 2 aliphatic rings. The normalized spacial score (nSPS) is 18.9. The molecular weight excluding hydrogens is 522 g/mol. The maximum Gasteiger partial charge on any atom is 0.410 e. The Morgan fingerprint density at radius 3 is 2.61 bits per heavy atom. The van der Waals surface area contributed by atoms with E-state index in [9.17, 15) is 9.35 Å². The van der Waals surface area contributed by atoms with E-state index in [1.54, 1.807) is 11.2 Å². The molecule has 1 amide bonds. The van der Waals surface area contributed by atoms with Crippen LogP contribution in [-0.2, 0) is 28.9 Å². The minimum absolute atomic E-state index is 0.225. The smallest absolute Gasteiger partial charge is 0.410 e. The first-order valence-corrected chi connectivity index (χ1v) is 15.0. The van der Waals surface area contributed by atoms with Crippen LogP contribution in [-0.4, -0.2) is 75.5 Å². The highest BCUT2D eigenvalue weighted by molar-refractivity contribution is 7.90. The number of benzene rings is 2. The molecule has 1 aromatic heterocycles. The van der Waals surface area contributed by atoms with Crippen LogP contribution in [0.1, 0.15) is 32.0 Å². The number of carbonyl (C=O) groups is 1. The van der Waals surface area contributed by atoms with Crippen molar-refractivity contribution < 1.29 is 14.1 Å². The average Bonchev–Trinajstić information content (AvgIpc) is 2.90. The number of rotatable bonds is 4. The summed E-state index contributed by atoms with van der Waals surface area (Å²) in [6.45, 7) is 8.59. The first-order chi connectivity index (χ1) is 18.1. The molecule has 10 heteroatoms. The van der Waals surface area contributed by atoms with Crippen LogP contribution in [0.3, 0.4) is 0 Å². The molecule has 0 spiro atoms. The van der Waals surface area contributed by atoms with E-state index < -0.39 is 16.8 Å². The summed E-state index contributed by atoms with van der Waals surface area (Å²) in [5, 5.41) is 2.73. The molecule has 3 heterocycles. The van der Waals surface area contributed by atoms with Crippen molar-refractivity contribution in [2.45, 2.75) is 50.5 Å². The van der Waals surface area contributed by atoms with Crippen LogP contribution in [0.4, 0.5) is 16.3 Å². The lowest BCUT2D eigenvalue weighted by atomic mass is 10.0. The molecule has 0 aliphatic carbocycles. The minimum atomic E-state index is -1.33. The Morgan fingerprint density at radius 2 is 1.87 bits per heavy atom. The van der Waals surface area contributed by atoms with Gasteiger partial charge >= 0.3 is 11.2 Å². The van der Waals surface area contributed by atoms with Crippen LogP contribution in [0.25, 0.3) is 10.8 Å². The minimum Gasteiger partial charge on any atom is -0.609 e. The third-order valence-corrected chi connectivity index (χ3v) is 8.03. The van der Waals surface area contributed by atoms with Crippen molar-refractivity contribution in [3.05, 3.63) is 53.7 Å². The molecule has 1 saturated heterocycles. The molecule has 0 bridgehead atoms. The highest BCUT2D eigenvalue weighted by Crippen LogP contribution is 2.34. The van der Waals surface area contributed by atoms with Crippen molar-refractivity contribution in [3.63, 3.8) is 0 Å². The zero-order valence-corrected chi connectivity index (χ0v) is 23.9. The van der Waals surface area contributed by atoms with Crippen LogP contribution in [0.15, 0.2) is 47.6 Å². The van der Waals surface area contributed by atoms with E-state index in [-0.39, 0.29) is 18.0 Å². The molecule has 2 aromatic carbocycles. The van der Waals surface area contributed by atoms with Crippen molar-refractivity contribution in [3.8, 4) is 0 Å². The van der Waals surface area contributed by atoms with Crippen molar-refractivity contribution in [2.75, 3.05) is 48.1 Å². The SMILES string of the molecule is C[S+]([O-])c1nc2c(c(N3CCN(C(=O)OC(C)(C)C)C(CCl)C3)n1)CCN(c1cccc3ccccc13)C2. The molecule has 2 aliphatic heterocycles. The number of halogens is 1. The van der Waals surface area contributed by atoms with Gasteiger partial charge in [0.15, 0.2) is 0 Å². The number of anilines is 2. The van der Waals surface area contributed by atoms with E-state index in [1.165, 1.54) is 16.5 Å². The predicted molar refractivity (Wildman–Crippen MR) is 153 cm³/mol. The molecule has 2 atom stereocenters. The number of ether oxygens (including phenoxy) is 1. The summed E-state index contributed by atoms with van der Waals surface area (Å²) in [6, 6.07) is 14.5. The second kappa shape index (κ2) is 10.8. The molecule has 0 N–H and O–H groups in total. The average molecular weight is 556 g/mol. The quantitative estimate of drug-likeness (QED) is 0.264. The third kappa shape index (κ3) is 5.51. The fourth-order valence-electron chi connectivity index (χ4n) is 5.21. The lowest BCUT2D eigenvalue weighted by Crippen LogP contribution is -2.57. The van der Waals surface area contributed by atoms with E-state index in [2.05, 4.69) is 52.3 Å². The summed E-state index contributed by atoms with van der Waals surface area (Å²) in [5.74, 6) is 1.08. The van der Waals surface area contributed by atoms with Gasteiger partial charge in [0, 0.05) is 59.9 Å². The molecule has 0 saturated carbocycles. The van der Waals surface area contributed by atoms with E-state index >= 15 is 0 Å². The molecule has 5 rings (SSSR count). The molecule has 202 valence electrons. The number of piperazine rings is 1. The molecule has 8 nitrogen and oxygen atoms in total. The summed E-state index contributed by atoms with van der Waals surface area (Å²) in [6.07, 6.45) is 2.02. The fourth-order valence-corrected chi connectivity index (χ4v) is 5.93. The Bertz CT molecular complexity index is 1330. The predicted octanol–water partition coefficient (Wildman–Crippen LogP) is 4.59. The maximum atomic E-state index is 12.8. The molecule has 2 unspecified atom stereocenters. The first kappa shape index (κ1) is 26.8. The summed E-state index contributed by atoms with van der Waals surface area (Å²) in [5.41, 5.74) is 2.57. The van der Waals surface area contributed by atoms with Gasteiger partial charge in [0.25, 0.3) is 0 Å². The maximum absolute atomic E-state index is 12.8. The zero-order chi connectivity index (χ0) is 27.0. The van der Waals surface area contributed by atoms with E-state index in [0.717, 1.165) is 30.0 Å². The van der Waals surface area contributed by atoms with Gasteiger partial charge in [0.1, 0.15) is 17.7 Å². The highest BCUT2D eigenvalue weighted by Gasteiger charge is 2.36. The number of hydrogen-bond donors (Lipinski definition) is 0. The number of hydrogen-bond acceptors (Lipinski definition) is 7. The van der Waals surface area contributed by atoms with E-state index in [4.69, 9.17) is 26.3 Å². The van der Waals surface area contributed by atoms with Crippen molar-refractivity contribution in [1.29, 1.82) is 0 Å². The zero-order valence-electron chi connectivity index (χ0n) is 22.3. The largest absolute Gasteiger partial charge is 0.609 e. The molecular formula is C28H34ClN5O3S. The number of alkyl halides is 1. The highest BCUT2D eigenvalue weighted by atomic mass is 35.5. The Morgan fingerprint density at radius 1 is 1.11 bits per heavy atom. The Balaban J connectivity index is 1.44. The number of aromatic nitrogens is 2. The van der Waals surface area contributed by atoms with Crippen LogP contribution in [0.5, 0.6) is 0 Å². The lowest BCUT2D eigenvalue weighted by molar-refractivity contribution is 0.0161. The van der Waals surface area contributed by atoms with Gasteiger partial charge < -0.3 is 24.0 Å². The monoisotopic (exact) mass is 555 g/mol. The number of amides is 1. The van der Waals surface area contributed by atoms with Gasteiger partial charge in [-0.2, -0.15) is 9.97 Å². The Hall–Kier alpha value is -2.75. The Labute approximate surface area is 232 Å². The van der Waals surface area contributed by atoms with E-state index in [1.807, 2.05) is 20.8 Å². The van der Waals surface area contributed by atoms with Crippen molar-refractivity contribution in [2.24, 2.45) is 0 Å². The van der Waals surface area contributed by atoms with E-state index in [0.29, 0.717) is 31.3 Å². The third-order valence-electron chi connectivity index (χ3n) is 6.98. The topological polar surface area (TPSA) is 84.9 Å². The van der Waals surface area contributed by atoms with Gasteiger partial charge in [0.2, 0.25) is 0 Å². The standard InChI is InChI=1S/C28H34ClN5O3S/c1-28(2,3)37-27(35)34-15-14-33(17-20(34)16-29)25-22-12-13-32(18-23(22)30-26(31-25)38(4)36)24-11-7-9-19-8-5-6-10-21(19)24/h5-11,20H,12-18H2,1-4H3. The molecule has 3 aromatic rings. The summed E-state index contributed by atoms with van der Waals surface area (Å²) >= 11 is 5.00. The number of carbonyl (C=O) groups excluding carboxylic acids is 1. The van der Waals surface area contributed by atoms with Crippen molar-refractivity contribution in [1.82, 2.24) is 14.9 Å². The summed E-state index contributed by atoms with van der Waals surface area (Å²) in [4.78, 5) is 28.6. The summed E-state index contributed by atoms with van der Waals surface area (Å²) in [7, 11) is 0. The summed E-state index contributed by atoms with van der Waals surface area (Å²) < 4.78 is 18.2. The number of nitrogens with zero attached hydrogens (tertiary/aromatic N) is 5. The van der Waals surface area contributed by atoms with Crippen LogP contribution in [0, 0.1) is 0 Å². The van der Waals surface area contributed by atoms with Crippen LogP contribution < -0.4 is 9.80 Å². The van der Waals surface area contributed by atoms with Gasteiger partial charge in [-0.15, -0.1) is 11.6 Å². The fraction of sp³-hybridized carbons (Fsp3) is 0.464. The first-order valence-electron chi connectivity index (χ1n) is 12.9. The lowest BCUT2D eigenvalue weighted by Gasteiger charge is -2.42. The second-order valence-electron chi connectivity index (χ2n) is 10.8. The Kier molecular flexibility index (Phi) is 7.62. The molecule has 38 heavy (non-hydrogen) atoms. The van der Waals surface area contributed by atoms with Gasteiger partial charge in [-0.3, -0.25) is 0 Å². The molecule has 0 radical (unpaired) electrons. The van der Waals surface area contributed by atoms with Gasteiger partial charge in [0.05, 0.1) is 18.3 Å². The van der Waals surface area contributed by atoms with Gasteiger partial charge in [-0.1, -0.05) is 36.4 Å². The van der Waals surface area contributed by atoms with Gasteiger partial charge in [-0.25, -0.2) is 4.79 Å². The van der Waals surface area contributed by atoms with Crippen LogP contribution in [0.2, 0.25) is 0 Å². The second-order valence-corrected chi connectivity index (χ2v) is 12.4.